The lowest BCUT2D eigenvalue weighted by Gasteiger charge is -2.28. The monoisotopic (exact) mass is 468 g/mol. The van der Waals surface area contributed by atoms with Crippen molar-refractivity contribution in [3.63, 3.8) is 0 Å². The fourth-order valence-corrected chi connectivity index (χ4v) is 5.79. The van der Waals surface area contributed by atoms with E-state index in [9.17, 15) is 8.42 Å². The highest BCUT2D eigenvalue weighted by atomic mass is 32.2. The van der Waals surface area contributed by atoms with Crippen LogP contribution in [0.25, 0.3) is 33.4 Å². The summed E-state index contributed by atoms with van der Waals surface area (Å²) in [6.07, 6.45) is 7.25. The van der Waals surface area contributed by atoms with Crippen molar-refractivity contribution in [1.82, 2.24) is 19.3 Å². The Bertz CT molecular complexity index is 1610. The van der Waals surface area contributed by atoms with Crippen LogP contribution in [-0.2, 0) is 23.0 Å². The molecule has 0 spiro atoms. The topological polar surface area (TPSA) is 89.2 Å². The Morgan fingerprint density at radius 3 is 2.65 bits per heavy atom. The minimum atomic E-state index is -3.69. The van der Waals surface area contributed by atoms with Crippen LogP contribution in [0.3, 0.4) is 0 Å². The zero-order chi connectivity index (χ0) is 23.1. The van der Waals surface area contributed by atoms with Crippen LogP contribution in [0.2, 0.25) is 0 Å². The predicted molar refractivity (Wildman–Crippen MR) is 128 cm³/mol. The van der Waals surface area contributed by atoms with Crippen molar-refractivity contribution in [2.45, 2.75) is 18.1 Å². The third kappa shape index (κ3) is 3.48. The van der Waals surface area contributed by atoms with Crippen LogP contribution in [0.1, 0.15) is 11.1 Å². The number of sulfonamides is 1. The van der Waals surface area contributed by atoms with Crippen LogP contribution in [0.15, 0.2) is 95.0 Å². The van der Waals surface area contributed by atoms with Crippen molar-refractivity contribution in [3.05, 3.63) is 96.6 Å². The van der Waals surface area contributed by atoms with E-state index < -0.39 is 10.0 Å². The van der Waals surface area contributed by atoms with E-state index in [1.54, 1.807) is 18.5 Å². The first-order valence-electron chi connectivity index (χ1n) is 10.9. The van der Waals surface area contributed by atoms with Gasteiger partial charge in [0, 0.05) is 48.2 Å². The fourth-order valence-electron chi connectivity index (χ4n) is 4.47. The SMILES string of the molecule is O=S(=O)(c1ccco1)N1CCc2c(ccnc2-c2cccnc2-c2cnc3ccccc3c2)C1. The lowest BCUT2D eigenvalue weighted by molar-refractivity contribution is 0.365. The second kappa shape index (κ2) is 8.16. The van der Waals surface area contributed by atoms with Gasteiger partial charge in [0.25, 0.3) is 10.0 Å². The Labute approximate surface area is 196 Å². The molecular formula is C26H20N4O3S. The van der Waals surface area contributed by atoms with E-state index in [0.717, 1.165) is 44.5 Å². The van der Waals surface area contributed by atoms with Crippen molar-refractivity contribution in [3.8, 4) is 22.5 Å². The number of fused-ring (bicyclic) bond motifs is 2. The maximum Gasteiger partial charge on any atom is 0.276 e. The number of nitrogens with zero attached hydrogens (tertiary/aromatic N) is 4. The summed E-state index contributed by atoms with van der Waals surface area (Å²) in [6, 6.07) is 18.9. The molecule has 34 heavy (non-hydrogen) atoms. The molecule has 0 fully saturated rings. The molecule has 1 aromatic carbocycles. The Morgan fingerprint density at radius 2 is 1.76 bits per heavy atom. The Kier molecular flexibility index (Phi) is 4.97. The molecule has 5 aromatic rings. The zero-order valence-electron chi connectivity index (χ0n) is 18.1. The number of furan rings is 1. The number of pyridine rings is 3. The van der Waals surface area contributed by atoms with Gasteiger partial charge >= 0.3 is 0 Å². The standard InChI is InChI=1S/C26H20N4O3S/c31-34(32,24-8-4-14-33-24)30-13-10-21-19(17-30)9-12-28-26(21)22-6-3-11-27-25(22)20-15-18-5-1-2-7-23(18)29-16-20/h1-9,11-12,14-16H,10,13,17H2. The van der Waals surface area contributed by atoms with E-state index in [-0.39, 0.29) is 11.6 Å². The Hall–Kier alpha value is -3.88. The minimum Gasteiger partial charge on any atom is -0.452 e. The molecule has 0 saturated heterocycles. The molecular weight excluding hydrogens is 448 g/mol. The second-order valence-electron chi connectivity index (χ2n) is 8.13. The molecule has 0 atom stereocenters. The van der Waals surface area contributed by atoms with Gasteiger partial charge in [-0.2, -0.15) is 4.31 Å². The van der Waals surface area contributed by atoms with Crippen molar-refractivity contribution in [1.29, 1.82) is 0 Å². The number of benzene rings is 1. The summed E-state index contributed by atoms with van der Waals surface area (Å²) in [5.74, 6) is 0. The van der Waals surface area contributed by atoms with E-state index in [4.69, 9.17) is 9.40 Å². The zero-order valence-corrected chi connectivity index (χ0v) is 18.9. The van der Waals surface area contributed by atoms with Crippen LogP contribution in [0.5, 0.6) is 0 Å². The molecule has 1 aliphatic heterocycles. The number of hydrogen-bond acceptors (Lipinski definition) is 6. The van der Waals surface area contributed by atoms with Crippen molar-refractivity contribution >= 4 is 20.9 Å². The maximum atomic E-state index is 13.0. The normalized spacial score (nSPS) is 14.2. The summed E-state index contributed by atoms with van der Waals surface area (Å²) in [6.45, 7) is 0.614. The molecule has 7 nitrogen and oxygen atoms in total. The van der Waals surface area contributed by atoms with Gasteiger partial charge in [0.05, 0.1) is 23.2 Å². The van der Waals surface area contributed by atoms with Crippen molar-refractivity contribution in [2.24, 2.45) is 0 Å². The molecule has 0 unspecified atom stereocenters. The van der Waals surface area contributed by atoms with Gasteiger partial charge in [0.2, 0.25) is 5.09 Å². The van der Waals surface area contributed by atoms with Gasteiger partial charge in [-0.1, -0.05) is 18.2 Å². The molecule has 6 rings (SSSR count). The average Bonchev–Trinajstić information content (AvgIpc) is 3.44. The summed E-state index contributed by atoms with van der Waals surface area (Å²) >= 11 is 0. The molecule has 168 valence electrons. The molecule has 0 radical (unpaired) electrons. The molecule has 0 aliphatic carbocycles. The van der Waals surface area contributed by atoms with Gasteiger partial charge in [0.1, 0.15) is 0 Å². The molecule has 4 aromatic heterocycles. The van der Waals surface area contributed by atoms with E-state index in [2.05, 4.69) is 16.0 Å². The van der Waals surface area contributed by atoms with Crippen LogP contribution >= 0.6 is 0 Å². The van der Waals surface area contributed by atoms with Gasteiger partial charge in [0.15, 0.2) is 0 Å². The van der Waals surface area contributed by atoms with Gasteiger partial charge < -0.3 is 4.42 Å². The van der Waals surface area contributed by atoms with Crippen LogP contribution in [-0.4, -0.2) is 34.2 Å². The van der Waals surface area contributed by atoms with Crippen LogP contribution < -0.4 is 0 Å². The maximum absolute atomic E-state index is 13.0. The summed E-state index contributed by atoms with van der Waals surface area (Å²) in [7, 11) is -3.69. The number of para-hydroxylation sites is 1. The average molecular weight is 469 g/mol. The number of rotatable bonds is 4. The third-order valence-corrected chi connectivity index (χ3v) is 7.86. The van der Waals surface area contributed by atoms with Crippen molar-refractivity contribution < 1.29 is 12.8 Å². The Balaban J connectivity index is 1.41. The summed E-state index contributed by atoms with van der Waals surface area (Å²) < 4.78 is 32.5. The van der Waals surface area contributed by atoms with E-state index in [1.807, 2.05) is 48.7 Å². The third-order valence-electron chi connectivity index (χ3n) is 6.13. The molecule has 5 heterocycles. The molecule has 0 N–H and O–H groups in total. The van der Waals surface area contributed by atoms with E-state index in [0.29, 0.717) is 13.0 Å². The second-order valence-corrected chi connectivity index (χ2v) is 10.0. The first kappa shape index (κ1) is 20.7. The molecule has 0 saturated carbocycles. The minimum absolute atomic E-state index is 0.0384. The molecule has 0 amide bonds. The molecule has 1 aliphatic rings. The smallest absolute Gasteiger partial charge is 0.276 e. The molecule has 0 bridgehead atoms. The first-order chi connectivity index (χ1) is 16.6. The summed E-state index contributed by atoms with van der Waals surface area (Å²) in [5, 5.41) is 1.00. The highest BCUT2D eigenvalue weighted by Crippen LogP contribution is 2.35. The van der Waals surface area contributed by atoms with E-state index >= 15 is 0 Å². The lowest BCUT2D eigenvalue weighted by atomic mass is 9.94. The van der Waals surface area contributed by atoms with Gasteiger partial charge in [-0.05, 0) is 60.0 Å². The summed E-state index contributed by atoms with van der Waals surface area (Å²) in [5.41, 5.74) is 6.33. The number of aromatic nitrogens is 3. The highest BCUT2D eigenvalue weighted by molar-refractivity contribution is 7.89. The van der Waals surface area contributed by atoms with Gasteiger partial charge in [-0.3, -0.25) is 15.0 Å². The Morgan fingerprint density at radius 1 is 0.882 bits per heavy atom. The van der Waals surface area contributed by atoms with Crippen molar-refractivity contribution in [2.75, 3.05) is 6.54 Å². The lowest BCUT2D eigenvalue weighted by Crippen LogP contribution is -2.36. The fraction of sp³-hybridized carbons (Fsp3) is 0.115. The van der Waals surface area contributed by atoms with Crippen LogP contribution in [0, 0.1) is 0 Å². The predicted octanol–water partition coefficient (Wildman–Crippen LogP) is 4.70. The van der Waals surface area contributed by atoms with Crippen LogP contribution in [0.4, 0.5) is 0 Å². The summed E-state index contributed by atoms with van der Waals surface area (Å²) in [4.78, 5) is 14.0. The largest absolute Gasteiger partial charge is 0.452 e. The highest BCUT2D eigenvalue weighted by Gasteiger charge is 2.31. The van der Waals surface area contributed by atoms with E-state index in [1.165, 1.54) is 16.6 Å². The number of hydrogen-bond donors (Lipinski definition) is 0. The first-order valence-corrected chi connectivity index (χ1v) is 12.4. The van der Waals surface area contributed by atoms with Gasteiger partial charge in [-0.15, -0.1) is 0 Å². The quantitative estimate of drug-likeness (QED) is 0.380. The molecule has 8 heteroatoms. The van der Waals surface area contributed by atoms with Gasteiger partial charge in [-0.25, -0.2) is 8.42 Å².